The summed E-state index contributed by atoms with van der Waals surface area (Å²) in [7, 11) is 3.50. The first-order valence-electron chi connectivity index (χ1n) is 6.41. The third-order valence-corrected chi connectivity index (χ3v) is 3.25. The van der Waals surface area contributed by atoms with Gasteiger partial charge in [0.2, 0.25) is 0 Å². The summed E-state index contributed by atoms with van der Waals surface area (Å²) in [6.07, 6.45) is 1.80. The Morgan fingerprint density at radius 3 is 2.45 bits per heavy atom. The molecule has 3 aromatic rings. The zero-order valence-electron chi connectivity index (χ0n) is 11.4. The number of carbonyl (C=O) groups excluding carboxylic acids is 1. The first kappa shape index (κ1) is 12.4. The molecule has 0 saturated heterocycles. The summed E-state index contributed by atoms with van der Waals surface area (Å²) < 4.78 is 2.01. The Morgan fingerprint density at radius 2 is 1.75 bits per heavy atom. The van der Waals surface area contributed by atoms with E-state index in [1.807, 2.05) is 53.1 Å². The number of hydrogen-bond acceptors (Lipinski definition) is 2. The first-order chi connectivity index (χ1) is 9.66. The zero-order valence-corrected chi connectivity index (χ0v) is 11.4. The second kappa shape index (κ2) is 4.81. The van der Waals surface area contributed by atoms with Gasteiger partial charge >= 0.3 is 0 Å². The Kier molecular flexibility index (Phi) is 2.99. The molecule has 0 radical (unpaired) electrons. The quantitative estimate of drug-likeness (QED) is 0.714. The van der Waals surface area contributed by atoms with E-state index >= 15 is 0 Å². The number of benzene rings is 2. The summed E-state index contributed by atoms with van der Waals surface area (Å²) in [5.41, 5.74) is 3.69. The van der Waals surface area contributed by atoms with E-state index in [4.69, 9.17) is 0 Å². The van der Waals surface area contributed by atoms with Crippen LogP contribution in [0.4, 0.5) is 0 Å². The van der Waals surface area contributed by atoms with E-state index in [0.717, 1.165) is 16.7 Å². The van der Waals surface area contributed by atoms with Crippen LogP contribution in [-0.2, 0) is 0 Å². The lowest BCUT2D eigenvalue weighted by molar-refractivity contribution is 0.0827. The fraction of sp³-hybridized carbons (Fsp3) is 0.125. The minimum Gasteiger partial charge on any atom is -0.345 e. The number of nitrogens with zero attached hydrogens (tertiary/aromatic N) is 3. The van der Waals surface area contributed by atoms with Crippen LogP contribution in [0.2, 0.25) is 0 Å². The highest BCUT2D eigenvalue weighted by Gasteiger charge is 2.08. The van der Waals surface area contributed by atoms with Gasteiger partial charge < -0.3 is 4.90 Å². The van der Waals surface area contributed by atoms with Crippen LogP contribution in [0.1, 0.15) is 10.4 Å². The molecule has 0 aliphatic rings. The van der Waals surface area contributed by atoms with Crippen LogP contribution < -0.4 is 0 Å². The maximum absolute atomic E-state index is 11.9. The second-order valence-electron chi connectivity index (χ2n) is 4.85. The smallest absolute Gasteiger partial charge is 0.253 e. The van der Waals surface area contributed by atoms with E-state index in [9.17, 15) is 4.79 Å². The summed E-state index contributed by atoms with van der Waals surface area (Å²) in [6.45, 7) is 0. The Morgan fingerprint density at radius 1 is 1.05 bits per heavy atom. The molecule has 1 amide bonds. The SMILES string of the molecule is CN(C)C(=O)c1ccc(-n2cnc3ccccc32)cc1. The summed E-state index contributed by atoms with van der Waals surface area (Å²) in [6, 6.07) is 15.5. The van der Waals surface area contributed by atoms with E-state index in [1.165, 1.54) is 0 Å². The van der Waals surface area contributed by atoms with Crippen LogP contribution in [-0.4, -0.2) is 34.5 Å². The molecule has 0 bridgehead atoms. The first-order valence-corrected chi connectivity index (χ1v) is 6.41. The molecule has 0 saturated carbocycles. The largest absolute Gasteiger partial charge is 0.345 e. The van der Waals surface area contributed by atoms with Crippen LogP contribution in [0, 0.1) is 0 Å². The van der Waals surface area contributed by atoms with Gasteiger partial charge in [0.1, 0.15) is 6.33 Å². The van der Waals surface area contributed by atoms with Crippen molar-refractivity contribution in [2.24, 2.45) is 0 Å². The van der Waals surface area contributed by atoms with Crippen molar-refractivity contribution in [1.29, 1.82) is 0 Å². The van der Waals surface area contributed by atoms with Gasteiger partial charge in [-0.1, -0.05) is 12.1 Å². The van der Waals surface area contributed by atoms with Crippen molar-refractivity contribution >= 4 is 16.9 Å². The minimum absolute atomic E-state index is 0.00652. The minimum atomic E-state index is 0.00652. The van der Waals surface area contributed by atoms with Crippen molar-refractivity contribution in [1.82, 2.24) is 14.5 Å². The lowest BCUT2D eigenvalue weighted by Gasteiger charge is -2.11. The number of rotatable bonds is 2. The molecule has 4 nitrogen and oxygen atoms in total. The predicted molar refractivity (Wildman–Crippen MR) is 79.1 cm³/mol. The molecular weight excluding hydrogens is 250 g/mol. The molecule has 0 aliphatic heterocycles. The van der Waals surface area contributed by atoms with Gasteiger partial charge in [-0.15, -0.1) is 0 Å². The molecular formula is C16H15N3O. The topological polar surface area (TPSA) is 38.1 Å². The molecule has 1 heterocycles. The predicted octanol–water partition coefficient (Wildman–Crippen LogP) is 2.73. The maximum atomic E-state index is 11.9. The average Bonchev–Trinajstić information content (AvgIpc) is 2.90. The number of hydrogen-bond donors (Lipinski definition) is 0. The third kappa shape index (κ3) is 2.05. The molecule has 100 valence electrons. The second-order valence-corrected chi connectivity index (χ2v) is 4.85. The van der Waals surface area contributed by atoms with Crippen molar-refractivity contribution in [3.05, 3.63) is 60.4 Å². The van der Waals surface area contributed by atoms with Gasteiger partial charge in [-0.2, -0.15) is 0 Å². The third-order valence-electron chi connectivity index (χ3n) is 3.25. The van der Waals surface area contributed by atoms with Crippen molar-refractivity contribution in [2.45, 2.75) is 0 Å². The fourth-order valence-electron chi connectivity index (χ4n) is 2.19. The Balaban J connectivity index is 2.01. The highest BCUT2D eigenvalue weighted by Crippen LogP contribution is 2.18. The van der Waals surface area contributed by atoms with Gasteiger partial charge in [0.25, 0.3) is 5.91 Å². The number of imidazole rings is 1. The molecule has 2 aromatic carbocycles. The average molecular weight is 265 g/mol. The van der Waals surface area contributed by atoms with Crippen LogP contribution in [0.5, 0.6) is 0 Å². The van der Waals surface area contributed by atoms with E-state index in [1.54, 1.807) is 25.3 Å². The molecule has 0 fully saturated rings. The van der Waals surface area contributed by atoms with E-state index in [2.05, 4.69) is 4.98 Å². The fourth-order valence-corrected chi connectivity index (χ4v) is 2.19. The number of aromatic nitrogens is 2. The van der Waals surface area contributed by atoms with Crippen LogP contribution >= 0.6 is 0 Å². The standard InChI is InChI=1S/C16H15N3O/c1-18(2)16(20)12-7-9-13(10-8-12)19-11-17-14-5-3-4-6-15(14)19/h3-11H,1-2H3. The van der Waals surface area contributed by atoms with Crippen molar-refractivity contribution in [3.63, 3.8) is 0 Å². The molecule has 0 atom stereocenters. The molecule has 4 heteroatoms. The Labute approximate surface area is 117 Å². The van der Waals surface area contributed by atoms with Gasteiger partial charge in [0.05, 0.1) is 11.0 Å². The van der Waals surface area contributed by atoms with Gasteiger partial charge in [-0.25, -0.2) is 4.98 Å². The van der Waals surface area contributed by atoms with Gasteiger partial charge in [0, 0.05) is 25.3 Å². The summed E-state index contributed by atoms with van der Waals surface area (Å²) >= 11 is 0. The highest BCUT2D eigenvalue weighted by molar-refractivity contribution is 5.94. The van der Waals surface area contributed by atoms with Crippen LogP contribution in [0.25, 0.3) is 16.7 Å². The Bertz CT molecular complexity index is 757. The van der Waals surface area contributed by atoms with Crippen LogP contribution in [0.15, 0.2) is 54.9 Å². The molecule has 3 rings (SSSR count). The summed E-state index contributed by atoms with van der Waals surface area (Å²) in [5, 5.41) is 0. The van der Waals surface area contributed by atoms with E-state index in [-0.39, 0.29) is 5.91 Å². The lowest BCUT2D eigenvalue weighted by atomic mass is 10.2. The lowest BCUT2D eigenvalue weighted by Crippen LogP contribution is -2.21. The molecule has 0 unspecified atom stereocenters. The molecule has 0 aliphatic carbocycles. The van der Waals surface area contributed by atoms with Gasteiger partial charge in [0.15, 0.2) is 0 Å². The number of carbonyl (C=O) groups is 1. The highest BCUT2D eigenvalue weighted by atomic mass is 16.2. The summed E-state index contributed by atoms with van der Waals surface area (Å²) in [5.74, 6) is 0.00652. The monoisotopic (exact) mass is 265 g/mol. The van der Waals surface area contributed by atoms with E-state index < -0.39 is 0 Å². The van der Waals surface area contributed by atoms with E-state index in [0.29, 0.717) is 5.56 Å². The van der Waals surface area contributed by atoms with Gasteiger partial charge in [-0.05, 0) is 36.4 Å². The number of amides is 1. The zero-order chi connectivity index (χ0) is 14.1. The van der Waals surface area contributed by atoms with Crippen LogP contribution in [0.3, 0.4) is 0 Å². The molecule has 0 N–H and O–H groups in total. The van der Waals surface area contributed by atoms with Crippen molar-refractivity contribution in [2.75, 3.05) is 14.1 Å². The van der Waals surface area contributed by atoms with Gasteiger partial charge in [-0.3, -0.25) is 9.36 Å². The molecule has 0 spiro atoms. The Hall–Kier alpha value is -2.62. The maximum Gasteiger partial charge on any atom is 0.253 e. The number of para-hydroxylation sites is 2. The normalized spacial score (nSPS) is 10.7. The molecule has 20 heavy (non-hydrogen) atoms. The summed E-state index contributed by atoms with van der Waals surface area (Å²) in [4.78, 5) is 17.8. The van der Waals surface area contributed by atoms with Crippen molar-refractivity contribution < 1.29 is 4.79 Å². The number of fused-ring (bicyclic) bond motifs is 1. The van der Waals surface area contributed by atoms with Crippen molar-refractivity contribution in [3.8, 4) is 5.69 Å². The molecule has 1 aromatic heterocycles.